The van der Waals surface area contributed by atoms with E-state index in [4.69, 9.17) is 4.42 Å². The number of anilines is 1. The van der Waals surface area contributed by atoms with Crippen molar-refractivity contribution in [1.82, 2.24) is 0 Å². The first-order valence-corrected chi connectivity index (χ1v) is 5.99. The number of rotatable bonds is 3. The van der Waals surface area contributed by atoms with Crippen LogP contribution in [0.1, 0.15) is 11.3 Å². The van der Waals surface area contributed by atoms with Crippen molar-refractivity contribution in [3.63, 3.8) is 0 Å². The average molecular weight is 338 g/mol. The Morgan fingerprint density at radius 1 is 1.21 bits per heavy atom. The lowest BCUT2D eigenvalue weighted by molar-refractivity contribution is -0.137. The highest BCUT2D eigenvalue weighted by atomic mass is 79.9. The minimum atomic E-state index is -4.50. The Morgan fingerprint density at radius 3 is 2.53 bits per heavy atom. The van der Waals surface area contributed by atoms with Crippen molar-refractivity contribution < 1.29 is 22.0 Å². The third kappa shape index (κ3) is 3.28. The van der Waals surface area contributed by atoms with Gasteiger partial charge < -0.3 is 9.73 Å². The van der Waals surface area contributed by atoms with Gasteiger partial charge in [0.2, 0.25) is 0 Å². The summed E-state index contributed by atoms with van der Waals surface area (Å²) in [5.41, 5.74) is -1.13. The van der Waals surface area contributed by atoms with Crippen LogP contribution >= 0.6 is 15.9 Å². The molecule has 0 spiro atoms. The quantitative estimate of drug-likeness (QED) is 0.813. The standard InChI is InChI=1S/C12H8BrF4NO/c13-8-3-4-19-11(8)6-18-10-5-7(12(15,16)17)1-2-9(10)14/h1-5,18H,6H2. The zero-order valence-electron chi connectivity index (χ0n) is 9.39. The van der Waals surface area contributed by atoms with Gasteiger partial charge in [-0.25, -0.2) is 4.39 Å². The Morgan fingerprint density at radius 2 is 1.95 bits per heavy atom. The number of hydrogen-bond donors (Lipinski definition) is 1. The van der Waals surface area contributed by atoms with Gasteiger partial charge in [0, 0.05) is 0 Å². The van der Waals surface area contributed by atoms with Gasteiger partial charge in [-0.3, -0.25) is 0 Å². The maximum atomic E-state index is 13.4. The molecule has 0 amide bonds. The van der Waals surface area contributed by atoms with Crippen LogP contribution < -0.4 is 5.32 Å². The molecule has 0 bridgehead atoms. The maximum Gasteiger partial charge on any atom is 0.416 e. The number of halogens is 5. The second-order valence-corrected chi connectivity index (χ2v) is 4.59. The van der Waals surface area contributed by atoms with Gasteiger partial charge in [-0.05, 0) is 40.2 Å². The predicted octanol–water partition coefficient (Wildman–Crippen LogP) is 4.81. The molecule has 102 valence electrons. The Bertz CT molecular complexity index is 579. The molecule has 0 saturated heterocycles. The summed E-state index contributed by atoms with van der Waals surface area (Å²) in [4.78, 5) is 0. The Balaban J connectivity index is 2.18. The van der Waals surface area contributed by atoms with Crippen molar-refractivity contribution in [2.45, 2.75) is 12.7 Å². The summed E-state index contributed by atoms with van der Waals surface area (Å²) >= 11 is 3.20. The number of alkyl halides is 3. The average Bonchev–Trinajstić information content (AvgIpc) is 2.72. The van der Waals surface area contributed by atoms with E-state index in [-0.39, 0.29) is 12.2 Å². The van der Waals surface area contributed by atoms with E-state index >= 15 is 0 Å². The molecule has 0 aliphatic heterocycles. The molecule has 7 heteroatoms. The predicted molar refractivity (Wildman–Crippen MR) is 65.1 cm³/mol. The molecule has 1 aromatic heterocycles. The molecule has 2 nitrogen and oxygen atoms in total. The maximum absolute atomic E-state index is 13.4. The monoisotopic (exact) mass is 337 g/mol. The lowest BCUT2D eigenvalue weighted by Gasteiger charge is -2.11. The van der Waals surface area contributed by atoms with Crippen molar-refractivity contribution >= 4 is 21.6 Å². The molecule has 19 heavy (non-hydrogen) atoms. The van der Waals surface area contributed by atoms with Crippen LogP contribution in [0.3, 0.4) is 0 Å². The van der Waals surface area contributed by atoms with Crippen LogP contribution in [-0.2, 0) is 12.7 Å². The van der Waals surface area contributed by atoms with Gasteiger partial charge in [-0.2, -0.15) is 13.2 Å². The van der Waals surface area contributed by atoms with Crippen LogP contribution in [0.2, 0.25) is 0 Å². The molecule has 2 aromatic rings. The summed E-state index contributed by atoms with van der Waals surface area (Å²) < 4.78 is 56.6. The summed E-state index contributed by atoms with van der Waals surface area (Å²) in [7, 11) is 0. The molecule has 0 aliphatic carbocycles. The van der Waals surface area contributed by atoms with E-state index in [0.717, 1.165) is 12.1 Å². The number of nitrogens with one attached hydrogen (secondary N) is 1. The van der Waals surface area contributed by atoms with Crippen molar-refractivity contribution in [3.05, 3.63) is 52.1 Å². The molecule has 0 saturated carbocycles. The zero-order chi connectivity index (χ0) is 14.0. The lowest BCUT2D eigenvalue weighted by Crippen LogP contribution is -2.07. The van der Waals surface area contributed by atoms with Crippen molar-refractivity contribution in [3.8, 4) is 0 Å². The largest absolute Gasteiger partial charge is 0.466 e. The van der Waals surface area contributed by atoms with Crippen LogP contribution in [-0.4, -0.2) is 0 Å². The summed E-state index contributed by atoms with van der Waals surface area (Å²) in [6, 6.07) is 3.84. The van der Waals surface area contributed by atoms with Crippen LogP contribution in [0.25, 0.3) is 0 Å². The normalized spacial score (nSPS) is 11.6. The number of benzene rings is 1. The molecule has 0 unspecified atom stereocenters. The topological polar surface area (TPSA) is 25.2 Å². The first-order valence-electron chi connectivity index (χ1n) is 5.20. The summed E-state index contributed by atoms with van der Waals surface area (Å²) in [6.45, 7) is 0.0752. The molecule has 0 fully saturated rings. The Hall–Kier alpha value is -1.50. The first kappa shape index (κ1) is 13.9. The summed E-state index contributed by atoms with van der Waals surface area (Å²) in [6.07, 6.45) is -3.08. The number of hydrogen-bond acceptors (Lipinski definition) is 2. The third-order valence-electron chi connectivity index (χ3n) is 2.42. The molecule has 0 atom stereocenters. The fourth-order valence-corrected chi connectivity index (χ4v) is 1.81. The van der Waals surface area contributed by atoms with Gasteiger partial charge in [0.1, 0.15) is 11.6 Å². The van der Waals surface area contributed by atoms with Gasteiger partial charge in [0.25, 0.3) is 0 Å². The van der Waals surface area contributed by atoms with Crippen molar-refractivity contribution in [1.29, 1.82) is 0 Å². The van der Waals surface area contributed by atoms with Gasteiger partial charge in [0.15, 0.2) is 0 Å². The minimum absolute atomic E-state index is 0.0752. The SMILES string of the molecule is Fc1ccc(C(F)(F)F)cc1NCc1occc1Br. The fraction of sp³-hybridized carbons (Fsp3) is 0.167. The highest BCUT2D eigenvalue weighted by molar-refractivity contribution is 9.10. The fourth-order valence-electron chi connectivity index (χ4n) is 1.46. The molecule has 1 N–H and O–H groups in total. The molecule has 0 aliphatic rings. The second-order valence-electron chi connectivity index (χ2n) is 3.74. The summed E-state index contributed by atoms with van der Waals surface area (Å²) in [5.74, 6) is -0.285. The van der Waals surface area contributed by atoms with E-state index in [0.29, 0.717) is 16.3 Å². The van der Waals surface area contributed by atoms with Gasteiger partial charge >= 0.3 is 6.18 Å². The van der Waals surface area contributed by atoms with E-state index in [2.05, 4.69) is 21.2 Å². The molecule has 2 rings (SSSR count). The van der Waals surface area contributed by atoms with Crippen LogP contribution in [0, 0.1) is 5.82 Å². The van der Waals surface area contributed by atoms with E-state index < -0.39 is 17.6 Å². The number of furan rings is 1. The Labute approximate surface area is 114 Å². The lowest BCUT2D eigenvalue weighted by atomic mass is 10.2. The van der Waals surface area contributed by atoms with Crippen molar-refractivity contribution in [2.24, 2.45) is 0 Å². The van der Waals surface area contributed by atoms with Gasteiger partial charge in [-0.1, -0.05) is 0 Å². The second kappa shape index (κ2) is 5.24. The highest BCUT2D eigenvalue weighted by Gasteiger charge is 2.31. The van der Waals surface area contributed by atoms with E-state index in [1.807, 2.05) is 0 Å². The molecular formula is C12H8BrF4NO. The zero-order valence-corrected chi connectivity index (χ0v) is 11.0. The minimum Gasteiger partial charge on any atom is -0.466 e. The van der Waals surface area contributed by atoms with Crippen LogP contribution in [0.15, 0.2) is 39.4 Å². The van der Waals surface area contributed by atoms with Gasteiger partial charge in [0.05, 0.1) is 28.5 Å². The van der Waals surface area contributed by atoms with E-state index in [9.17, 15) is 17.6 Å². The van der Waals surface area contributed by atoms with E-state index in [1.165, 1.54) is 6.26 Å². The van der Waals surface area contributed by atoms with Crippen LogP contribution in [0.4, 0.5) is 23.2 Å². The first-order chi connectivity index (χ1) is 8.88. The molecule has 1 heterocycles. The smallest absolute Gasteiger partial charge is 0.416 e. The third-order valence-corrected chi connectivity index (χ3v) is 3.13. The molecule has 1 aromatic carbocycles. The molecular weight excluding hydrogens is 330 g/mol. The highest BCUT2D eigenvalue weighted by Crippen LogP contribution is 2.32. The van der Waals surface area contributed by atoms with Crippen molar-refractivity contribution in [2.75, 3.05) is 5.32 Å². The van der Waals surface area contributed by atoms with E-state index in [1.54, 1.807) is 6.07 Å². The molecule has 0 radical (unpaired) electrons. The van der Waals surface area contributed by atoms with Gasteiger partial charge in [-0.15, -0.1) is 0 Å². The Kier molecular flexibility index (Phi) is 3.84. The summed E-state index contributed by atoms with van der Waals surface area (Å²) in [5, 5.41) is 2.57. The van der Waals surface area contributed by atoms with Crippen LogP contribution in [0.5, 0.6) is 0 Å².